The average Bonchev–Trinajstić information content (AvgIpc) is 3.04. The summed E-state index contributed by atoms with van der Waals surface area (Å²) < 4.78 is 16.3. The molecule has 0 atom stereocenters. The van der Waals surface area contributed by atoms with Crippen molar-refractivity contribution in [1.82, 2.24) is 19.5 Å². The van der Waals surface area contributed by atoms with Gasteiger partial charge in [0.25, 0.3) is 5.56 Å². The molecule has 6 nitrogen and oxygen atoms in total. The Kier molecular flexibility index (Phi) is 4.19. The van der Waals surface area contributed by atoms with Crippen molar-refractivity contribution in [1.29, 1.82) is 0 Å². The minimum Gasteiger partial charge on any atom is -0.350 e. The number of rotatable bonds is 4. The molecule has 7 heteroatoms. The lowest BCUT2D eigenvalue weighted by Crippen LogP contribution is -2.34. The third-order valence-corrected chi connectivity index (χ3v) is 4.43. The van der Waals surface area contributed by atoms with Gasteiger partial charge in [-0.2, -0.15) is 5.10 Å². The van der Waals surface area contributed by atoms with Gasteiger partial charge in [0.1, 0.15) is 23.7 Å². The number of amides is 1. The summed E-state index contributed by atoms with van der Waals surface area (Å²) in [6.45, 7) is 1.94. The summed E-state index contributed by atoms with van der Waals surface area (Å²) in [5, 5.41) is 7.65. The Bertz CT molecular complexity index is 1210. The van der Waals surface area contributed by atoms with Gasteiger partial charge < -0.3 is 5.32 Å². The number of nitrogens with one attached hydrogen (secondary N) is 1. The summed E-state index contributed by atoms with van der Waals surface area (Å²) in [6.07, 6.45) is 0. The lowest BCUT2D eigenvalue weighted by molar-refractivity contribution is -0.122. The van der Waals surface area contributed by atoms with Gasteiger partial charge >= 0.3 is 0 Å². The molecule has 4 aromatic rings. The fourth-order valence-corrected chi connectivity index (χ4v) is 3.18. The molecule has 0 unspecified atom stereocenters. The Balaban J connectivity index is 1.64. The molecule has 2 heterocycles. The van der Waals surface area contributed by atoms with Crippen LogP contribution in [0.5, 0.6) is 0 Å². The summed E-state index contributed by atoms with van der Waals surface area (Å²) in [7, 11) is 0. The SMILES string of the molecule is Cc1nn(CC(=O)NCc2ccccc2)c(=O)c2cc3cc(F)ccc3n12. The highest BCUT2D eigenvalue weighted by molar-refractivity contribution is 5.87. The number of hydrogen-bond acceptors (Lipinski definition) is 3. The number of carbonyl (C=O) groups excluding carboxylic acids is 1. The second kappa shape index (κ2) is 6.68. The fraction of sp³-hybridized carbons (Fsp3) is 0.150. The maximum absolute atomic E-state index is 13.5. The van der Waals surface area contributed by atoms with Crippen molar-refractivity contribution < 1.29 is 9.18 Å². The molecule has 136 valence electrons. The van der Waals surface area contributed by atoms with Crippen LogP contribution in [0.25, 0.3) is 16.4 Å². The number of halogens is 1. The van der Waals surface area contributed by atoms with E-state index in [0.29, 0.717) is 28.8 Å². The van der Waals surface area contributed by atoms with Gasteiger partial charge in [0, 0.05) is 11.9 Å². The molecule has 0 spiro atoms. The molecule has 0 aliphatic rings. The quantitative estimate of drug-likeness (QED) is 0.605. The number of fused-ring (bicyclic) bond motifs is 3. The number of nitrogens with zero attached hydrogens (tertiary/aromatic N) is 3. The van der Waals surface area contributed by atoms with Gasteiger partial charge in [0.05, 0.1) is 5.52 Å². The predicted molar refractivity (Wildman–Crippen MR) is 99.9 cm³/mol. The Morgan fingerprint density at radius 3 is 2.67 bits per heavy atom. The van der Waals surface area contributed by atoms with E-state index in [0.717, 1.165) is 10.2 Å². The molecule has 1 amide bonds. The third kappa shape index (κ3) is 3.19. The van der Waals surface area contributed by atoms with Crippen molar-refractivity contribution >= 4 is 22.3 Å². The molecule has 2 aromatic carbocycles. The van der Waals surface area contributed by atoms with Crippen molar-refractivity contribution in [2.24, 2.45) is 0 Å². The predicted octanol–water partition coefficient (Wildman–Crippen LogP) is 2.41. The van der Waals surface area contributed by atoms with Crippen molar-refractivity contribution in [3.63, 3.8) is 0 Å². The van der Waals surface area contributed by atoms with Crippen LogP contribution < -0.4 is 10.9 Å². The lowest BCUT2D eigenvalue weighted by atomic mass is 10.2. The van der Waals surface area contributed by atoms with Crippen LogP contribution in [0.2, 0.25) is 0 Å². The maximum atomic E-state index is 13.5. The molecule has 0 radical (unpaired) electrons. The van der Waals surface area contributed by atoms with Crippen molar-refractivity contribution in [3.8, 4) is 0 Å². The number of hydrogen-bond donors (Lipinski definition) is 1. The van der Waals surface area contributed by atoms with Gasteiger partial charge in [-0.25, -0.2) is 9.07 Å². The average molecular weight is 364 g/mol. The molecule has 0 bridgehead atoms. The molecule has 2 aromatic heterocycles. The van der Waals surface area contributed by atoms with Crippen LogP contribution in [0, 0.1) is 12.7 Å². The number of carbonyl (C=O) groups is 1. The van der Waals surface area contributed by atoms with Crippen LogP contribution in [0.4, 0.5) is 4.39 Å². The van der Waals surface area contributed by atoms with Gasteiger partial charge in [-0.15, -0.1) is 0 Å². The van der Waals surface area contributed by atoms with E-state index in [-0.39, 0.29) is 18.3 Å². The zero-order chi connectivity index (χ0) is 19.0. The van der Waals surface area contributed by atoms with Gasteiger partial charge in [-0.05, 0) is 36.8 Å². The molecule has 0 aliphatic carbocycles. The summed E-state index contributed by atoms with van der Waals surface area (Å²) in [5.74, 6) is -0.133. The normalized spacial score (nSPS) is 11.2. The monoisotopic (exact) mass is 364 g/mol. The number of aryl methyl sites for hydroxylation is 1. The van der Waals surface area contributed by atoms with E-state index < -0.39 is 5.56 Å². The molecular weight excluding hydrogens is 347 g/mol. The van der Waals surface area contributed by atoms with Crippen LogP contribution in [0.15, 0.2) is 59.4 Å². The second-order valence-corrected chi connectivity index (χ2v) is 6.34. The smallest absolute Gasteiger partial charge is 0.291 e. The molecule has 0 aliphatic heterocycles. The Labute approximate surface area is 153 Å². The van der Waals surface area contributed by atoms with Crippen LogP contribution in [-0.4, -0.2) is 20.1 Å². The summed E-state index contributed by atoms with van der Waals surface area (Å²) >= 11 is 0. The minimum atomic E-state index is -0.396. The zero-order valence-electron chi connectivity index (χ0n) is 14.6. The van der Waals surface area contributed by atoms with Gasteiger partial charge in [-0.1, -0.05) is 30.3 Å². The topological polar surface area (TPSA) is 68.4 Å². The molecule has 0 saturated carbocycles. The first-order chi connectivity index (χ1) is 13.0. The van der Waals surface area contributed by atoms with E-state index in [4.69, 9.17) is 0 Å². The van der Waals surface area contributed by atoms with Gasteiger partial charge in [0.15, 0.2) is 0 Å². The number of aromatic nitrogens is 3. The van der Waals surface area contributed by atoms with Crippen molar-refractivity contribution in [3.05, 3.63) is 82.2 Å². The molecular formula is C20H17FN4O2. The van der Waals surface area contributed by atoms with E-state index in [2.05, 4.69) is 10.4 Å². The molecule has 27 heavy (non-hydrogen) atoms. The lowest BCUT2D eigenvalue weighted by Gasteiger charge is -2.09. The third-order valence-electron chi connectivity index (χ3n) is 4.43. The van der Waals surface area contributed by atoms with E-state index in [1.165, 1.54) is 12.1 Å². The second-order valence-electron chi connectivity index (χ2n) is 6.34. The minimum absolute atomic E-state index is 0.182. The molecule has 0 saturated heterocycles. The summed E-state index contributed by atoms with van der Waals surface area (Å²) in [4.78, 5) is 25.0. The van der Waals surface area contributed by atoms with Gasteiger partial charge in [-0.3, -0.25) is 14.0 Å². The van der Waals surface area contributed by atoms with Crippen molar-refractivity contribution in [2.75, 3.05) is 0 Å². The molecule has 4 rings (SSSR count). The first-order valence-corrected chi connectivity index (χ1v) is 8.52. The van der Waals surface area contributed by atoms with E-state index in [1.54, 1.807) is 23.5 Å². The van der Waals surface area contributed by atoms with E-state index in [9.17, 15) is 14.0 Å². The first kappa shape index (κ1) is 17.0. The van der Waals surface area contributed by atoms with Crippen LogP contribution in [0.1, 0.15) is 11.4 Å². The maximum Gasteiger partial charge on any atom is 0.291 e. The highest BCUT2D eigenvalue weighted by Gasteiger charge is 2.14. The van der Waals surface area contributed by atoms with Crippen LogP contribution >= 0.6 is 0 Å². The number of benzene rings is 2. The largest absolute Gasteiger partial charge is 0.350 e. The van der Waals surface area contributed by atoms with E-state index in [1.807, 2.05) is 30.3 Å². The molecule has 1 N–H and O–H groups in total. The summed E-state index contributed by atoms with van der Waals surface area (Å²) in [6, 6.07) is 15.5. The Morgan fingerprint density at radius 1 is 1.11 bits per heavy atom. The van der Waals surface area contributed by atoms with E-state index >= 15 is 0 Å². The zero-order valence-corrected chi connectivity index (χ0v) is 14.6. The highest BCUT2D eigenvalue weighted by atomic mass is 19.1. The summed E-state index contributed by atoms with van der Waals surface area (Å²) in [5.41, 5.74) is 1.64. The fourth-order valence-electron chi connectivity index (χ4n) is 3.18. The Morgan fingerprint density at radius 2 is 1.89 bits per heavy atom. The highest BCUT2D eigenvalue weighted by Crippen LogP contribution is 2.20. The van der Waals surface area contributed by atoms with Crippen LogP contribution in [0.3, 0.4) is 0 Å². The van der Waals surface area contributed by atoms with Crippen molar-refractivity contribution in [2.45, 2.75) is 20.0 Å². The molecule has 0 fully saturated rings. The van der Waals surface area contributed by atoms with Crippen LogP contribution in [-0.2, 0) is 17.9 Å². The first-order valence-electron chi connectivity index (χ1n) is 8.52. The van der Waals surface area contributed by atoms with Gasteiger partial charge in [0.2, 0.25) is 5.91 Å². The standard InChI is InChI=1S/C20H17FN4O2/c1-13-23-24(12-19(26)22-11-14-5-3-2-4-6-14)20(27)18-10-15-9-16(21)7-8-17(15)25(13)18/h2-10H,11-12H2,1H3,(H,22,26). The Hall–Kier alpha value is -3.48.